The molecule has 4 rings (SSSR count). The highest BCUT2D eigenvalue weighted by molar-refractivity contribution is 6.32. The first kappa shape index (κ1) is 18.6. The first-order valence-corrected chi connectivity index (χ1v) is 9.67. The summed E-state index contributed by atoms with van der Waals surface area (Å²) >= 11 is 6.33. The number of ether oxygens (including phenoxy) is 1. The van der Waals surface area contributed by atoms with E-state index >= 15 is 0 Å². The molecule has 3 heterocycles. The zero-order valence-corrected chi connectivity index (χ0v) is 16.7. The maximum atomic E-state index is 12.2. The molecule has 1 aromatic carbocycles. The van der Waals surface area contributed by atoms with Crippen molar-refractivity contribution in [3.05, 3.63) is 45.8 Å². The number of piperidine rings is 1. The molecular formula is C20H22ClN5O2. The molecule has 0 unspecified atom stereocenters. The number of fused-ring (bicyclic) bond motifs is 1. The number of aromatic nitrogens is 3. The molecule has 8 heteroatoms. The molecule has 1 aliphatic rings. The molecular weight excluding hydrogens is 378 g/mol. The Balaban J connectivity index is 1.67. The number of hydrogen-bond donors (Lipinski definition) is 1. The Morgan fingerprint density at radius 2 is 1.96 bits per heavy atom. The summed E-state index contributed by atoms with van der Waals surface area (Å²) in [5, 5.41) is 4.61. The van der Waals surface area contributed by atoms with Crippen LogP contribution in [0.1, 0.15) is 19.3 Å². The van der Waals surface area contributed by atoms with Crippen molar-refractivity contribution in [2.45, 2.75) is 19.3 Å². The topological polar surface area (TPSA) is 72.3 Å². The molecule has 0 saturated carbocycles. The standard InChI is InChI=1S/C20H22ClN5O2/c1-25-16-7-6-14(10-13(16)11-17(28-2)19(25)27)23-18-15(21)12-22-20(24-18)26-8-4-3-5-9-26/h6-7,10-12H,3-5,8-9H2,1-2H3,(H,22,23,24). The molecule has 0 aliphatic carbocycles. The highest BCUT2D eigenvalue weighted by atomic mass is 35.5. The summed E-state index contributed by atoms with van der Waals surface area (Å²) in [4.78, 5) is 23.4. The Kier molecular flexibility index (Phi) is 5.09. The minimum atomic E-state index is -0.166. The Hall–Kier alpha value is -2.80. The fourth-order valence-corrected chi connectivity index (χ4v) is 3.64. The highest BCUT2D eigenvalue weighted by Gasteiger charge is 2.16. The molecule has 1 aliphatic heterocycles. The summed E-state index contributed by atoms with van der Waals surface area (Å²) in [5.74, 6) is 1.56. The Labute approximate surface area is 167 Å². The molecule has 0 atom stereocenters. The molecule has 7 nitrogen and oxygen atoms in total. The number of nitrogens with one attached hydrogen (secondary N) is 1. The van der Waals surface area contributed by atoms with Crippen LogP contribution in [0.25, 0.3) is 10.9 Å². The lowest BCUT2D eigenvalue weighted by Gasteiger charge is -2.26. The van der Waals surface area contributed by atoms with E-state index in [9.17, 15) is 4.79 Å². The van der Waals surface area contributed by atoms with Gasteiger partial charge < -0.3 is 19.5 Å². The lowest BCUT2D eigenvalue weighted by atomic mass is 10.1. The lowest BCUT2D eigenvalue weighted by Crippen LogP contribution is -2.31. The van der Waals surface area contributed by atoms with Crippen molar-refractivity contribution in [3.8, 4) is 5.75 Å². The molecule has 0 bridgehead atoms. The zero-order valence-electron chi connectivity index (χ0n) is 15.9. The second-order valence-electron chi connectivity index (χ2n) is 6.89. The number of pyridine rings is 1. The summed E-state index contributed by atoms with van der Waals surface area (Å²) in [5.41, 5.74) is 1.47. The Morgan fingerprint density at radius 3 is 2.71 bits per heavy atom. The van der Waals surface area contributed by atoms with Crippen molar-refractivity contribution >= 4 is 40.0 Å². The van der Waals surface area contributed by atoms with Crippen LogP contribution in [0.5, 0.6) is 5.75 Å². The van der Waals surface area contributed by atoms with Crippen LogP contribution in [-0.4, -0.2) is 34.7 Å². The van der Waals surface area contributed by atoms with E-state index in [0.29, 0.717) is 22.5 Å². The SMILES string of the molecule is COc1cc2cc(Nc3nc(N4CCCCC4)ncc3Cl)ccc2n(C)c1=O. The van der Waals surface area contributed by atoms with Crippen LogP contribution in [0, 0.1) is 0 Å². The molecule has 28 heavy (non-hydrogen) atoms. The van der Waals surface area contributed by atoms with E-state index < -0.39 is 0 Å². The second-order valence-corrected chi connectivity index (χ2v) is 7.30. The van der Waals surface area contributed by atoms with Gasteiger partial charge >= 0.3 is 0 Å². The van der Waals surface area contributed by atoms with Crippen LogP contribution in [0.2, 0.25) is 5.02 Å². The van der Waals surface area contributed by atoms with Gasteiger partial charge in [0.15, 0.2) is 11.6 Å². The number of nitrogens with zero attached hydrogens (tertiary/aromatic N) is 4. The van der Waals surface area contributed by atoms with Crippen LogP contribution < -0.4 is 20.5 Å². The van der Waals surface area contributed by atoms with E-state index in [4.69, 9.17) is 16.3 Å². The van der Waals surface area contributed by atoms with Crippen molar-refractivity contribution in [2.75, 3.05) is 30.4 Å². The number of halogens is 1. The predicted molar refractivity (Wildman–Crippen MR) is 112 cm³/mol. The summed E-state index contributed by atoms with van der Waals surface area (Å²) in [6.07, 6.45) is 5.19. The normalized spacial score (nSPS) is 14.3. The third-order valence-electron chi connectivity index (χ3n) is 5.04. The van der Waals surface area contributed by atoms with Gasteiger partial charge in [-0.1, -0.05) is 11.6 Å². The van der Waals surface area contributed by atoms with Gasteiger partial charge in [0.2, 0.25) is 5.95 Å². The molecule has 0 radical (unpaired) electrons. The van der Waals surface area contributed by atoms with E-state index in [1.54, 1.807) is 23.9 Å². The van der Waals surface area contributed by atoms with Crippen LogP contribution in [0.4, 0.5) is 17.5 Å². The summed E-state index contributed by atoms with van der Waals surface area (Å²) in [7, 11) is 3.22. The van der Waals surface area contributed by atoms with E-state index in [1.807, 2.05) is 18.2 Å². The first-order valence-electron chi connectivity index (χ1n) is 9.29. The van der Waals surface area contributed by atoms with E-state index in [0.717, 1.165) is 42.5 Å². The van der Waals surface area contributed by atoms with E-state index in [1.165, 1.54) is 13.5 Å². The molecule has 3 aromatic rings. The number of methoxy groups -OCH3 is 1. The van der Waals surface area contributed by atoms with Gasteiger partial charge in [0.1, 0.15) is 5.02 Å². The summed E-state index contributed by atoms with van der Waals surface area (Å²) < 4.78 is 6.77. The summed E-state index contributed by atoms with van der Waals surface area (Å²) in [6, 6.07) is 7.46. The predicted octanol–water partition coefficient (Wildman–Crippen LogP) is 3.72. The Morgan fingerprint density at radius 1 is 1.18 bits per heavy atom. The van der Waals surface area contributed by atoms with Crippen LogP contribution in [0.15, 0.2) is 35.3 Å². The third-order valence-corrected chi connectivity index (χ3v) is 5.32. The van der Waals surface area contributed by atoms with Crippen LogP contribution in [0.3, 0.4) is 0 Å². The molecule has 1 saturated heterocycles. The number of anilines is 3. The zero-order chi connectivity index (χ0) is 19.7. The fourth-order valence-electron chi connectivity index (χ4n) is 3.51. The smallest absolute Gasteiger partial charge is 0.293 e. The molecule has 0 spiro atoms. The Bertz CT molecular complexity index is 1080. The van der Waals surface area contributed by atoms with Gasteiger partial charge in [0.05, 0.1) is 18.8 Å². The minimum Gasteiger partial charge on any atom is -0.491 e. The molecule has 1 fully saturated rings. The maximum absolute atomic E-state index is 12.2. The van der Waals surface area contributed by atoms with Crippen molar-refractivity contribution < 1.29 is 4.74 Å². The van der Waals surface area contributed by atoms with Gasteiger partial charge in [-0.05, 0) is 43.5 Å². The van der Waals surface area contributed by atoms with Gasteiger partial charge in [-0.3, -0.25) is 4.79 Å². The largest absolute Gasteiger partial charge is 0.491 e. The van der Waals surface area contributed by atoms with Crippen molar-refractivity contribution in [1.29, 1.82) is 0 Å². The van der Waals surface area contributed by atoms with Gasteiger partial charge in [0.25, 0.3) is 5.56 Å². The van der Waals surface area contributed by atoms with Crippen molar-refractivity contribution in [1.82, 2.24) is 14.5 Å². The number of aryl methyl sites for hydroxylation is 1. The molecule has 1 N–H and O–H groups in total. The highest BCUT2D eigenvalue weighted by Crippen LogP contribution is 2.28. The number of benzene rings is 1. The average molecular weight is 400 g/mol. The average Bonchev–Trinajstić information content (AvgIpc) is 2.73. The maximum Gasteiger partial charge on any atom is 0.293 e. The quantitative estimate of drug-likeness (QED) is 0.720. The van der Waals surface area contributed by atoms with Gasteiger partial charge in [-0.2, -0.15) is 4.98 Å². The second kappa shape index (κ2) is 7.67. The fraction of sp³-hybridized carbons (Fsp3) is 0.350. The number of hydrogen-bond acceptors (Lipinski definition) is 6. The van der Waals surface area contributed by atoms with Crippen molar-refractivity contribution in [3.63, 3.8) is 0 Å². The molecule has 146 valence electrons. The monoisotopic (exact) mass is 399 g/mol. The third kappa shape index (κ3) is 3.49. The summed E-state index contributed by atoms with van der Waals surface area (Å²) in [6.45, 7) is 1.93. The minimum absolute atomic E-state index is 0.166. The number of rotatable bonds is 4. The molecule has 2 aromatic heterocycles. The van der Waals surface area contributed by atoms with Crippen LogP contribution >= 0.6 is 11.6 Å². The van der Waals surface area contributed by atoms with Crippen LogP contribution in [-0.2, 0) is 7.05 Å². The first-order chi connectivity index (χ1) is 13.6. The van der Waals surface area contributed by atoms with Crippen molar-refractivity contribution in [2.24, 2.45) is 7.05 Å². The van der Waals surface area contributed by atoms with Gasteiger partial charge in [-0.25, -0.2) is 4.98 Å². The van der Waals surface area contributed by atoms with Gasteiger partial charge in [0, 0.05) is 31.2 Å². The van der Waals surface area contributed by atoms with E-state index in [-0.39, 0.29) is 5.56 Å². The van der Waals surface area contributed by atoms with Gasteiger partial charge in [-0.15, -0.1) is 0 Å². The lowest BCUT2D eigenvalue weighted by molar-refractivity contribution is 0.406. The van der Waals surface area contributed by atoms with E-state index in [2.05, 4.69) is 20.2 Å². The molecule has 0 amide bonds.